The predicted octanol–water partition coefficient (Wildman–Crippen LogP) is 2.29. The van der Waals surface area contributed by atoms with Crippen LogP contribution < -0.4 is 15.4 Å². The van der Waals surface area contributed by atoms with Crippen LogP contribution in [0.5, 0.6) is 5.75 Å². The van der Waals surface area contributed by atoms with Crippen LogP contribution >= 0.6 is 0 Å². The van der Waals surface area contributed by atoms with Crippen LogP contribution in [-0.2, 0) is 11.2 Å². The van der Waals surface area contributed by atoms with E-state index in [0.29, 0.717) is 25.3 Å². The van der Waals surface area contributed by atoms with Crippen molar-refractivity contribution in [2.24, 2.45) is 0 Å². The summed E-state index contributed by atoms with van der Waals surface area (Å²) in [6.45, 7) is 2.62. The van der Waals surface area contributed by atoms with Gasteiger partial charge in [0.05, 0.1) is 19.1 Å². The quantitative estimate of drug-likeness (QED) is 0.831. The minimum absolute atomic E-state index is 0.0589. The number of rotatable bonds is 5. The van der Waals surface area contributed by atoms with Crippen LogP contribution in [0.3, 0.4) is 0 Å². The number of nitrogens with zero attached hydrogens (tertiary/aromatic N) is 1. The van der Waals surface area contributed by atoms with Gasteiger partial charge in [-0.25, -0.2) is 0 Å². The first kappa shape index (κ1) is 15.4. The van der Waals surface area contributed by atoms with Crippen molar-refractivity contribution in [1.82, 2.24) is 0 Å². The fraction of sp³-hybridized carbons (Fsp3) is 0.278. The van der Waals surface area contributed by atoms with Crippen molar-refractivity contribution < 1.29 is 14.6 Å². The zero-order valence-electron chi connectivity index (χ0n) is 13.0. The predicted molar refractivity (Wildman–Crippen MR) is 89.5 cm³/mol. The lowest BCUT2D eigenvalue weighted by Crippen LogP contribution is -2.31. The van der Waals surface area contributed by atoms with Crippen molar-refractivity contribution in [3.05, 3.63) is 53.6 Å². The second-order valence-corrected chi connectivity index (χ2v) is 5.70. The molecule has 0 spiro atoms. The van der Waals surface area contributed by atoms with E-state index in [-0.39, 0.29) is 5.91 Å². The van der Waals surface area contributed by atoms with E-state index in [1.165, 1.54) is 0 Å². The summed E-state index contributed by atoms with van der Waals surface area (Å²) >= 11 is 0. The fourth-order valence-corrected chi connectivity index (χ4v) is 2.73. The highest BCUT2D eigenvalue weighted by Gasteiger charge is 2.27. The summed E-state index contributed by atoms with van der Waals surface area (Å²) in [5.74, 6) is 0.791. The van der Waals surface area contributed by atoms with E-state index >= 15 is 0 Å². The number of fused-ring (bicyclic) bond motifs is 1. The second-order valence-electron chi connectivity index (χ2n) is 5.70. The van der Waals surface area contributed by atoms with Gasteiger partial charge in [0, 0.05) is 11.4 Å². The molecule has 1 amide bonds. The van der Waals surface area contributed by atoms with Gasteiger partial charge in [0.25, 0.3) is 0 Å². The Morgan fingerprint density at radius 2 is 2.00 bits per heavy atom. The van der Waals surface area contributed by atoms with Gasteiger partial charge in [0.2, 0.25) is 5.91 Å². The lowest BCUT2D eigenvalue weighted by atomic mass is 10.1. The molecule has 1 heterocycles. The molecule has 0 bridgehead atoms. The Bertz CT molecular complexity index is 711. The highest BCUT2D eigenvalue weighted by Crippen LogP contribution is 2.31. The topological polar surface area (TPSA) is 75.8 Å². The third-order valence-electron chi connectivity index (χ3n) is 3.98. The normalized spacial score (nSPS) is 14.7. The highest BCUT2D eigenvalue weighted by molar-refractivity contribution is 6.01. The first-order valence-corrected chi connectivity index (χ1v) is 7.64. The number of aliphatic hydroxyl groups excluding tert-OH is 1. The first-order valence-electron chi connectivity index (χ1n) is 7.64. The lowest BCUT2D eigenvalue weighted by molar-refractivity contribution is -0.117. The molecule has 1 atom stereocenters. The van der Waals surface area contributed by atoms with E-state index in [1.54, 1.807) is 24.0 Å². The van der Waals surface area contributed by atoms with E-state index < -0.39 is 6.10 Å². The molecule has 0 saturated carbocycles. The van der Waals surface area contributed by atoms with Crippen molar-refractivity contribution in [2.45, 2.75) is 19.4 Å². The molecule has 0 saturated heterocycles. The summed E-state index contributed by atoms with van der Waals surface area (Å²) < 4.78 is 5.66. The summed E-state index contributed by atoms with van der Waals surface area (Å²) in [5, 5.41) is 9.65. The molecule has 1 unspecified atom stereocenters. The van der Waals surface area contributed by atoms with Crippen LogP contribution in [0.4, 0.5) is 11.4 Å². The smallest absolute Gasteiger partial charge is 0.231 e. The van der Waals surface area contributed by atoms with Crippen molar-refractivity contribution in [3.8, 4) is 5.75 Å². The molecule has 3 rings (SSSR count). The maximum atomic E-state index is 12.2. The average molecular weight is 312 g/mol. The van der Waals surface area contributed by atoms with Crippen molar-refractivity contribution in [1.29, 1.82) is 0 Å². The fourth-order valence-electron chi connectivity index (χ4n) is 2.73. The van der Waals surface area contributed by atoms with Gasteiger partial charge in [-0.3, -0.25) is 4.79 Å². The number of benzene rings is 2. The van der Waals surface area contributed by atoms with Crippen molar-refractivity contribution in [2.75, 3.05) is 23.8 Å². The largest absolute Gasteiger partial charge is 0.492 e. The Morgan fingerprint density at radius 1 is 1.26 bits per heavy atom. The molecule has 0 aromatic heterocycles. The first-order chi connectivity index (χ1) is 11.0. The third kappa shape index (κ3) is 3.29. The van der Waals surface area contributed by atoms with E-state index in [1.807, 2.05) is 30.3 Å². The third-order valence-corrected chi connectivity index (χ3v) is 3.98. The van der Waals surface area contributed by atoms with Gasteiger partial charge in [0.15, 0.2) is 0 Å². The van der Waals surface area contributed by atoms with Crippen LogP contribution in [0.15, 0.2) is 42.5 Å². The highest BCUT2D eigenvalue weighted by atomic mass is 16.5. The zero-order chi connectivity index (χ0) is 16.4. The second kappa shape index (κ2) is 6.30. The van der Waals surface area contributed by atoms with Gasteiger partial charge in [-0.1, -0.05) is 12.1 Å². The molecule has 0 radical (unpaired) electrons. The molecule has 3 N–H and O–H groups in total. The van der Waals surface area contributed by atoms with Crippen LogP contribution in [0.2, 0.25) is 0 Å². The number of hydrogen-bond acceptors (Lipinski definition) is 4. The summed E-state index contributed by atoms with van der Waals surface area (Å²) in [4.78, 5) is 13.9. The Kier molecular flexibility index (Phi) is 4.21. The summed E-state index contributed by atoms with van der Waals surface area (Å²) in [7, 11) is 0. The number of carbonyl (C=O) groups excluding carboxylic acids is 1. The molecular weight excluding hydrogens is 292 g/mol. The summed E-state index contributed by atoms with van der Waals surface area (Å²) in [6, 6.07) is 12.8. The molecule has 1 aliphatic heterocycles. The Balaban J connectivity index is 1.65. The number of carbonyl (C=O) groups is 1. The number of ether oxygens (including phenoxy) is 1. The number of anilines is 2. The van der Waals surface area contributed by atoms with Gasteiger partial charge in [-0.2, -0.15) is 0 Å². The Hall–Kier alpha value is -2.53. The minimum Gasteiger partial charge on any atom is -0.492 e. The summed E-state index contributed by atoms with van der Waals surface area (Å²) in [6.07, 6.45) is -0.157. The maximum Gasteiger partial charge on any atom is 0.231 e. The van der Waals surface area contributed by atoms with Crippen LogP contribution in [0, 0.1) is 0 Å². The monoisotopic (exact) mass is 312 g/mol. The molecule has 2 aromatic carbocycles. The number of amides is 1. The van der Waals surface area contributed by atoms with Crippen molar-refractivity contribution in [3.63, 3.8) is 0 Å². The number of nitrogen functional groups attached to an aromatic ring is 1. The van der Waals surface area contributed by atoms with E-state index in [2.05, 4.69) is 0 Å². The molecular formula is C18H20N2O3. The molecule has 5 nitrogen and oxygen atoms in total. The zero-order valence-corrected chi connectivity index (χ0v) is 13.0. The Morgan fingerprint density at radius 3 is 2.70 bits per heavy atom. The molecule has 1 aliphatic rings. The van der Waals surface area contributed by atoms with Gasteiger partial charge < -0.3 is 20.5 Å². The molecule has 2 aromatic rings. The average Bonchev–Trinajstić information content (AvgIpc) is 2.84. The molecule has 5 heteroatoms. The van der Waals surface area contributed by atoms with Gasteiger partial charge >= 0.3 is 0 Å². The van der Waals surface area contributed by atoms with Gasteiger partial charge in [-0.15, -0.1) is 0 Å². The molecule has 0 aliphatic carbocycles. The SMILES string of the molecule is CC(O)c1ccc2c(c1)CC(=O)N2CCOc1ccc(N)cc1. The van der Waals surface area contributed by atoms with Gasteiger partial charge in [0.1, 0.15) is 12.4 Å². The van der Waals surface area contributed by atoms with Crippen LogP contribution in [0.25, 0.3) is 0 Å². The van der Waals surface area contributed by atoms with Crippen LogP contribution in [0.1, 0.15) is 24.2 Å². The molecule has 120 valence electrons. The van der Waals surface area contributed by atoms with Gasteiger partial charge in [-0.05, 0) is 48.4 Å². The summed E-state index contributed by atoms with van der Waals surface area (Å²) in [5.41, 5.74) is 9.02. The van der Waals surface area contributed by atoms with E-state index in [9.17, 15) is 9.90 Å². The van der Waals surface area contributed by atoms with Crippen LogP contribution in [-0.4, -0.2) is 24.2 Å². The van der Waals surface area contributed by atoms with E-state index in [4.69, 9.17) is 10.5 Å². The molecule has 0 fully saturated rings. The number of hydrogen-bond donors (Lipinski definition) is 2. The molecule has 23 heavy (non-hydrogen) atoms. The lowest BCUT2D eigenvalue weighted by Gasteiger charge is -2.18. The maximum absolute atomic E-state index is 12.2. The minimum atomic E-state index is -0.529. The number of nitrogens with two attached hydrogens (primary N) is 1. The van der Waals surface area contributed by atoms with E-state index in [0.717, 1.165) is 22.6 Å². The van der Waals surface area contributed by atoms with Crippen molar-refractivity contribution >= 4 is 17.3 Å². The standard InChI is InChI=1S/C18H20N2O3/c1-12(21)13-2-7-17-14(10-13)11-18(22)20(17)8-9-23-16-5-3-15(19)4-6-16/h2-7,10,12,21H,8-9,11,19H2,1H3. The Labute approximate surface area is 135 Å². The number of aliphatic hydroxyl groups is 1.